The zero-order valence-electron chi connectivity index (χ0n) is 18.2. The number of ether oxygens (including phenoxy) is 3. The molecule has 0 radical (unpaired) electrons. The van der Waals surface area contributed by atoms with Crippen molar-refractivity contribution < 1.29 is 23.4 Å². The number of carbonyl (C=O) groups excluding carboxylic acids is 1. The van der Waals surface area contributed by atoms with E-state index in [1.165, 1.54) is 0 Å². The highest BCUT2D eigenvalue weighted by molar-refractivity contribution is 5.97. The number of anilines is 2. The van der Waals surface area contributed by atoms with Crippen molar-refractivity contribution in [3.8, 4) is 5.75 Å². The SMILES string of the molecule is COCCNC(=O)c1ccc2c(c1)nc(Nc1nc3ccc(OCCOC)cc3o1)n2C. The zero-order chi connectivity index (χ0) is 22.5. The molecule has 2 heterocycles. The Morgan fingerprint density at radius 1 is 1.03 bits per heavy atom. The fraction of sp³-hybridized carbons (Fsp3) is 0.318. The molecule has 32 heavy (non-hydrogen) atoms. The summed E-state index contributed by atoms with van der Waals surface area (Å²) < 4.78 is 23.3. The monoisotopic (exact) mass is 439 g/mol. The maximum atomic E-state index is 12.3. The number of oxazole rings is 1. The number of hydrogen-bond donors (Lipinski definition) is 2. The van der Waals surface area contributed by atoms with Gasteiger partial charge >= 0.3 is 6.01 Å². The van der Waals surface area contributed by atoms with E-state index < -0.39 is 0 Å². The van der Waals surface area contributed by atoms with Gasteiger partial charge in [-0.25, -0.2) is 4.98 Å². The summed E-state index contributed by atoms with van der Waals surface area (Å²) in [5.74, 6) is 1.04. The number of methoxy groups -OCH3 is 2. The van der Waals surface area contributed by atoms with Gasteiger partial charge < -0.3 is 28.5 Å². The highest BCUT2D eigenvalue weighted by Gasteiger charge is 2.14. The Morgan fingerprint density at radius 2 is 1.88 bits per heavy atom. The zero-order valence-corrected chi connectivity index (χ0v) is 18.2. The molecule has 0 unspecified atom stereocenters. The summed E-state index contributed by atoms with van der Waals surface area (Å²) in [7, 11) is 5.09. The Morgan fingerprint density at radius 3 is 2.69 bits per heavy atom. The first-order chi connectivity index (χ1) is 15.6. The summed E-state index contributed by atoms with van der Waals surface area (Å²) in [5, 5.41) is 5.91. The molecular formula is C22H25N5O5. The highest BCUT2D eigenvalue weighted by atomic mass is 16.5. The summed E-state index contributed by atoms with van der Waals surface area (Å²) in [6.45, 7) is 1.86. The lowest BCUT2D eigenvalue weighted by atomic mass is 10.2. The van der Waals surface area contributed by atoms with Crippen LogP contribution in [0.3, 0.4) is 0 Å². The molecule has 0 spiro atoms. The number of benzene rings is 2. The van der Waals surface area contributed by atoms with Crippen molar-refractivity contribution >= 4 is 40.0 Å². The van der Waals surface area contributed by atoms with Crippen LogP contribution in [0.4, 0.5) is 12.0 Å². The fourth-order valence-electron chi connectivity index (χ4n) is 3.21. The minimum atomic E-state index is -0.174. The Kier molecular flexibility index (Phi) is 6.52. The first kappa shape index (κ1) is 21.6. The van der Waals surface area contributed by atoms with Crippen LogP contribution in [0, 0.1) is 0 Å². The summed E-state index contributed by atoms with van der Waals surface area (Å²) in [6, 6.07) is 11.1. The fourth-order valence-corrected chi connectivity index (χ4v) is 3.21. The largest absolute Gasteiger partial charge is 0.491 e. The molecule has 10 heteroatoms. The number of nitrogens with one attached hydrogen (secondary N) is 2. The van der Waals surface area contributed by atoms with Gasteiger partial charge in [0.15, 0.2) is 5.58 Å². The third-order valence-corrected chi connectivity index (χ3v) is 4.87. The van der Waals surface area contributed by atoms with Crippen molar-refractivity contribution in [2.45, 2.75) is 0 Å². The number of nitrogens with zero attached hydrogens (tertiary/aromatic N) is 3. The van der Waals surface area contributed by atoms with Gasteiger partial charge in [-0.1, -0.05) is 0 Å². The lowest BCUT2D eigenvalue weighted by Crippen LogP contribution is -2.26. The van der Waals surface area contributed by atoms with Gasteiger partial charge in [0.05, 0.1) is 24.2 Å². The number of aromatic nitrogens is 3. The van der Waals surface area contributed by atoms with Crippen LogP contribution in [0.5, 0.6) is 5.75 Å². The Labute approximate surface area is 184 Å². The number of hydrogen-bond acceptors (Lipinski definition) is 8. The number of imidazole rings is 1. The number of carbonyl (C=O) groups is 1. The maximum Gasteiger partial charge on any atom is 0.302 e. The first-order valence-corrected chi connectivity index (χ1v) is 10.1. The number of aryl methyl sites for hydroxylation is 1. The topological polar surface area (TPSA) is 113 Å². The van der Waals surface area contributed by atoms with Gasteiger partial charge in [0.2, 0.25) is 5.95 Å². The van der Waals surface area contributed by atoms with Crippen molar-refractivity contribution in [2.75, 3.05) is 45.9 Å². The van der Waals surface area contributed by atoms with Crippen molar-refractivity contribution in [3.05, 3.63) is 42.0 Å². The minimum Gasteiger partial charge on any atom is -0.491 e. The van der Waals surface area contributed by atoms with E-state index in [0.717, 1.165) is 5.52 Å². The van der Waals surface area contributed by atoms with E-state index in [4.69, 9.17) is 18.6 Å². The number of amides is 1. The molecule has 0 aliphatic heterocycles. The second kappa shape index (κ2) is 9.67. The Balaban J connectivity index is 1.52. The van der Waals surface area contributed by atoms with E-state index in [0.29, 0.717) is 66.3 Å². The van der Waals surface area contributed by atoms with Crippen LogP contribution in [0.25, 0.3) is 22.1 Å². The highest BCUT2D eigenvalue weighted by Crippen LogP contribution is 2.27. The van der Waals surface area contributed by atoms with Crippen LogP contribution in [0.2, 0.25) is 0 Å². The average molecular weight is 439 g/mol. The minimum absolute atomic E-state index is 0.174. The van der Waals surface area contributed by atoms with Crippen molar-refractivity contribution in [3.63, 3.8) is 0 Å². The molecule has 4 rings (SSSR count). The summed E-state index contributed by atoms with van der Waals surface area (Å²) in [4.78, 5) is 21.3. The van der Waals surface area contributed by atoms with Crippen LogP contribution < -0.4 is 15.4 Å². The maximum absolute atomic E-state index is 12.3. The molecule has 4 aromatic rings. The number of fused-ring (bicyclic) bond motifs is 2. The van der Waals surface area contributed by atoms with E-state index in [1.807, 2.05) is 29.8 Å². The van der Waals surface area contributed by atoms with Crippen LogP contribution in [-0.4, -0.2) is 61.0 Å². The lowest BCUT2D eigenvalue weighted by molar-refractivity contribution is 0.0937. The summed E-state index contributed by atoms with van der Waals surface area (Å²) in [5.41, 5.74) is 3.36. The van der Waals surface area contributed by atoms with Gasteiger partial charge in [-0.3, -0.25) is 10.1 Å². The van der Waals surface area contributed by atoms with Crippen LogP contribution in [0.15, 0.2) is 40.8 Å². The standard InChI is InChI=1S/C22H25N5O5/c1-27-18-7-4-14(20(28)23-8-9-29-2)12-17(18)24-21(27)26-22-25-16-6-5-15(13-19(16)32-22)31-11-10-30-3/h4-7,12-13H,8-11H2,1-3H3,(H,23,28)(H,24,25,26). The van der Waals surface area contributed by atoms with E-state index in [2.05, 4.69) is 20.6 Å². The predicted molar refractivity (Wildman–Crippen MR) is 120 cm³/mol. The predicted octanol–water partition coefficient (Wildman–Crippen LogP) is 2.86. The molecule has 0 aliphatic carbocycles. The molecule has 0 saturated heterocycles. The quantitative estimate of drug-likeness (QED) is 0.363. The van der Waals surface area contributed by atoms with Gasteiger partial charge in [0.25, 0.3) is 5.91 Å². The van der Waals surface area contributed by atoms with E-state index >= 15 is 0 Å². The summed E-state index contributed by atoms with van der Waals surface area (Å²) in [6.07, 6.45) is 0. The van der Waals surface area contributed by atoms with Gasteiger partial charge in [-0.15, -0.1) is 0 Å². The van der Waals surface area contributed by atoms with E-state index in [1.54, 1.807) is 32.4 Å². The third-order valence-electron chi connectivity index (χ3n) is 4.87. The normalized spacial score (nSPS) is 11.2. The lowest BCUT2D eigenvalue weighted by Gasteiger charge is -2.04. The molecular weight excluding hydrogens is 414 g/mol. The molecule has 0 bridgehead atoms. The van der Waals surface area contributed by atoms with E-state index in [-0.39, 0.29) is 5.91 Å². The molecule has 1 amide bonds. The van der Waals surface area contributed by atoms with Crippen molar-refractivity contribution in [1.82, 2.24) is 19.9 Å². The Bertz CT molecular complexity index is 1230. The van der Waals surface area contributed by atoms with Crippen LogP contribution in [0.1, 0.15) is 10.4 Å². The van der Waals surface area contributed by atoms with Gasteiger partial charge in [-0.2, -0.15) is 4.98 Å². The second-order valence-corrected chi connectivity index (χ2v) is 7.06. The van der Waals surface area contributed by atoms with Crippen molar-refractivity contribution in [1.29, 1.82) is 0 Å². The molecule has 2 aromatic heterocycles. The van der Waals surface area contributed by atoms with Gasteiger partial charge in [0.1, 0.15) is 17.9 Å². The smallest absolute Gasteiger partial charge is 0.302 e. The molecule has 10 nitrogen and oxygen atoms in total. The molecule has 2 aromatic carbocycles. The molecule has 0 aliphatic rings. The van der Waals surface area contributed by atoms with E-state index in [9.17, 15) is 4.79 Å². The molecule has 2 N–H and O–H groups in total. The molecule has 0 atom stereocenters. The van der Waals surface area contributed by atoms with Gasteiger partial charge in [0, 0.05) is 39.4 Å². The second-order valence-electron chi connectivity index (χ2n) is 7.06. The van der Waals surface area contributed by atoms with Crippen LogP contribution >= 0.6 is 0 Å². The molecule has 168 valence electrons. The Hall–Kier alpha value is -3.63. The van der Waals surface area contributed by atoms with Crippen molar-refractivity contribution in [2.24, 2.45) is 7.05 Å². The third kappa shape index (κ3) is 4.66. The average Bonchev–Trinajstić information content (AvgIpc) is 3.33. The van der Waals surface area contributed by atoms with Crippen LogP contribution in [-0.2, 0) is 16.5 Å². The molecule has 0 fully saturated rings. The van der Waals surface area contributed by atoms with Gasteiger partial charge in [-0.05, 0) is 30.3 Å². The first-order valence-electron chi connectivity index (χ1n) is 10.1. The summed E-state index contributed by atoms with van der Waals surface area (Å²) >= 11 is 0. The number of rotatable bonds is 10. The molecule has 0 saturated carbocycles.